The summed E-state index contributed by atoms with van der Waals surface area (Å²) in [5.74, 6) is 0. The molecule has 0 amide bonds. The molecule has 0 aliphatic heterocycles. The third-order valence-electron chi connectivity index (χ3n) is 4.92. The SMILES string of the molecule is O=c1ccc2c([nH]1)CCCC2NCc1cccc(-c2ccccc2)c1. The van der Waals surface area contributed by atoms with Gasteiger partial charge in [0.2, 0.25) is 5.56 Å². The predicted molar refractivity (Wildman–Crippen MR) is 101 cm³/mol. The zero-order valence-electron chi connectivity index (χ0n) is 14.2. The molecule has 0 saturated heterocycles. The van der Waals surface area contributed by atoms with Gasteiger partial charge in [-0.2, -0.15) is 0 Å². The number of pyridine rings is 1. The minimum absolute atomic E-state index is 0.00466. The van der Waals surface area contributed by atoms with E-state index in [1.54, 1.807) is 6.07 Å². The van der Waals surface area contributed by atoms with Crippen LogP contribution in [0.5, 0.6) is 0 Å². The molecule has 1 aliphatic rings. The lowest BCUT2D eigenvalue weighted by Gasteiger charge is -2.26. The molecular weight excluding hydrogens is 308 g/mol. The highest BCUT2D eigenvalue weighted by Gasteiger charge is 2.20. The van der Waals surface area contributed by atoms with Gasteiger partial charge < -0.3 is 10.3 Å². The van der Waals surface area contributed by atoms with Crippen LogP contribution in [0.15, 0.2) is 71.5 Å². The van der Waals surface area contributed by atoms with Crippen LogP contribution in [0.3, 0.4) is 0 Å². The maximum absolute atomic E-state index is 11.5. The number of fused-ring (bicyclic) bond motifs is 1. The van der Waals surface area contributed by atoms with Gasteiger partial charge in [0.1, 0.15) is 0 Å². The normalized spacial score (nSPS) is 16.4. The first-order valence-electron chi connectivity index (χ1n) is 8.89. The van der Waals surface area contributed by atoms with E-state index < -0.39 is 0 Å². The van der Waals surface area contributed by atoms with E-state index in [0.29, 0.717) is 6.04 Å². The Labute approximate surface area is 147 Å². The molecule has 25 heavy (non-hydrogen) atoms. The molecule has 1 unspecified atom stereocenters. The van der Waals surface area contributed by atoms with E-state index in [1.807, 2.05) is 12.1 Å². The Morgan fingerprint density at radius 2 is 1.80 bits per heavy atom. The molecule has 0 saturated carbocycles. The first kappa shape index (κ1) is 15.9. The van der Waals surface area contributed by atoms with Crippen molar-refractivity contribution in [2.24, 2.45) is 0 Å². The van der Waals surface area contributed by atoms with Crippen molar-refractivity contribution in [3.8, 4) is 11.1 Å². The smallest absolute Gasteiger partial charge is 0.248 e. The molecule has 2 N–H and O–H groups in total. The van der Waals surface area contributed by atoms with Crippen molar-refractivity contribution in [2.45, 2.75) is 31.8 Å². The summed E-state index contributed by atoms with van der Waals surface area (Å²) in [5, 5.41) is 3.67. The Balaban J connectivity index is 1.50. The third-order valence-corrected chi connectivity index (χ3v) is 4.92. The molecule has 0 fully saturated rings. The molecule has 3 heteroatoms. The first-order valence-corrected chi connectivity index (χ1v) is 8.89. The third kappa shape index (κ3) is 3.57. The minimum Gasteiger partial charge on any atom is -0.326 e. The standard InChI is InChI=1S/C22H22N2O/c25-22-13-12-19-20(10-5-11-21(19)24-22)23-15-16-6-4-9-18(14-16)17-7-2-1-3-8-17/h1-4,6-9,12-14,20,23H,5,10-11,15H2,(H,24,25). The van der Waals surface area contributed by atoms with Crippen molar-refractivity contribution in [1.82, 2.24) is 10.3 Å². The van der Waals surface area contributed by atoms with Crippen LogP contribution in [0.4, 0.5) is 0 Å². The van der Waals surface area contributed by atoms with Crippen molar-refractivity contribution in [3.05, 3.63) is 93.9 Å². The van der Waals surface area contributed by atoms with Crippen LogP contribution in [0.1, 0.15) is 35.7 Å². The van der Waals surface area contributed by atoms with Gasteiger partial charge in [0.15, 0.2) is 0 Å². The Kier molecular flexibility index (Phi) is 4.49. The minimum atomic E-state index is -0.00466. The lowest BCUT2D eigenvalue weighted by Crippen LogP contribution is -2.27. The van der Waals surface area contributed by atoms with E-state index in [9.17, 15) is 4.79 Å². The molecule has 3 aromatic rings. The highest BCUT2D eigenvalue weighted by Crippen LogP contribution is 2.28. The van der Waals surface area contributed by atoms with Crippen LogP contribution < -0.4 is 10.9 Å². The van der Waals surface area contributed by atoms with Crippen LogP contribution in [0, 0.1) is 0 Å². The summed E-state index contributed by atoms with van der Waals surface area (Å²) in [6.45, 7) is 0.823. The van der Waals surface area contributed by atoms with Gasteiger partial charge in [0.25, 0.3) is 0 Å². The molecular formula is C22H22N2O. The fourth-order valence-electron chi connectivity index (χ4n) is 3.64. The van der Waals surface area contributed by atoms with Crippen LogP contribution in [-0.2, 0) is 13.0 Å². The van der Waals surface area contributed by atoms with Crippen LogP contribution in [0.25, 0.3) is 11.1 Å². The molecule has 1 aromatic heterocycles. The van der Waals surface area contributed by atoms with Crippen molar-refractivity contribution in [1.29, 1.82) is 0 Å². The molecule has 2 aromatic carbocycles. The molecule has 4 rings (SSSR count). The second-order valence-corrected chi connectivity index (χ2v) is 6.65. The molecule has 3 nitrogen and oxygen atoms in total. The second-order valence-electron chi connectivity index (χ2n) is 6.65. The lowest BCUT2D eigenvalue weighted by atomic mass is 9.91. The summed E-state index contributed by atoms with van der Waals surface area (Å²) >= 11 is 0. The van der Waals surface area contributed by atoms with Crippen molar-refractivity contribution in [3.63, 3.8) is 0 Å². The average Bonchev–Trinajstić information content (AvgIpc) is 2.67. The summed E-state index contributed by atoms with van der Waals surface area (Å²) in [6.07, 6.45) is 3.18. The molecule has 0 spiro atoms. The van der Waals surface area contributed by atoms with E-state index in [4.69, 9.17) is 0 Å². The maximum atomic E-state index is 11.5. The highest BCUT2D eigenvalue weighted by molar-refractivity contribution is 5.63. The van der Waals surface area contributed by atoms with E-state index in [-0.39, 0.29) is 5.56 Å². The average molecular weight is 330 g/mol. The number of aryl methyl sites for hydroxylation is 1. The molecule has 0 radical (unpaired) electrons. The molecule has 1 aliphatic carbocycles. The topological polar surface area (TPSA) is 44.9 Å². The number of benzene rings is 2. The van der Waals surface area contributed by atoms with Gasteiger partial charge in [-0.1, -0.05) is 54.6 Å². The maximum Gasteiger partial charge on any atom is 0.248 e. The van der Waals surface area contributed by atoms with Crippen LogP contribution >= 0.6 is 0 Å². The molecule has 126 valence electrons. The van der Waals surface area contributed by atoms with Gasteiger partial charge in [-0.15, -0.1) is 0 Å². The van der Waals surface area contributed by atoms with Gasteiger partial charge in [-0.3, -0.25) is 4.79 Å². The Bertz CT molecular complexity index is 915. The number of aromatic amines is 1. The first-order chi connectivity index (χ1) is 12.3. The Hall–Kier alpha value is -2.65. The zero-order chi connectivity index (χ0) is 17.1. The highest BCUT2D eigenvalue weighted by atomic mass is 16.1. The number of H-pyrrole nitrogens is 1. The van der Waals surface area contributed by atoms with Gasteiger partial charge in [0.05, 0.1) is 0 Å². The summed E-state index contributed by atoms with van der Waals surface area (Å²) < 4.78 is 0. The molecule has 0 bridgehead atoms. The van der Waals surface area contributed by atoms with Crippen molar-refractivity contribution in [2.75, 3.05) is 0 Å². The number of aromatic nitrogens is 1. The second kappa shape index (κ2) is 7.08. The van der Waals surface area contributed by atoms with E-state index >= 15 is 0 Å². The van der Waals surface area contributed by atoms with Gasteiger partial charge in [-0.25, -0.2) is 0 Å². The molecule has 1 heterocycles. The van der Waals surface area contributed by atoms with E-state index in [2.05, 4.69) is 58.8 Å². The van der Waals surface area contributed by atoms with Gasteiger partial charge >= 0.3 is 0 Å². The number of nitrogens with one attached hydrogen (secondary N) is 2. The lowest BCUT2D eigenvalue weighted by molar-refractivity contribution is 0.453. The fraction of sp³-hybridized carbons (Fsp3) is 0.227. The largest absolute Gasteiger partial charge is 0.326 e. The van der Waals surface area contributed by atoms with E-state index in [0.717, 1.165) is 31.5 Å². The van der Waals surface area contributed by atoms with E-state index in [1.165, 1.54) is 22.3 Å². The fourth-order valence-corrected chi connectivity index (χ4v) is 3.64. The number of rotatable bonds is 4. The van der Waals surface area contributed by atoms with Crippen LogP contribution in [0.2, 0.25) is 0 Å². The van der Waals surface area contributed by atoms with Crippen molar-refractivity contribution < 1.29 is 0 Å². The predicted octanol–water partition coefficient (Wildman–Crippen LogP) is 4.21. The van der Waals surface area contributed by atoms with Gasteiger partial charge in [-0.05, 0) is 47.6 Å². The Morgan fingerprint density at radius 3 is 2.68 bits per heavy atom. The molecule has 1 atom stereocenters. The van der Waals surface area contributed by atoms with Crippen molar-refractivity contribution >= 4 is 0 Å². The van der Waals surface area contributed by atoms with Gasteiger partial charge in [0, 0.05) is 24.3 Å². The summed E-state index contributed by atoms with van der Waals surface area (Å²) in [6, 6.07) is 23.1. The van der Waals surface area contributed by atoms with Crippen LogP contribution in [-0.4, -0.2) is 4.98 Å². The summed E-state index contributed by atoms with van der Waals surface area (Å²) in [4.78, 5) is 14.5. The number of hydrogen-bond donors (Lipinski definition) is 2. The monoisotopic (exact) mass is 330 g/mol. The number of hydrogen-bond acceptors (Lipinski definition) is 2. The quantitative estimate of drug-likeness (QED) is 0.753. The summed E-state index contributed by atoms with van der Waals surface area (Å²) in [5.41, 5.74) is 6.09. The summed E-state index contributed by atoms with van der Waals surface area (Å²) in [7, 11) is 0. The Morgan fingerprint density at radius 1 is 0.960 bits per heavy atom. The zero-order valence-corrected chi connectivity index (χ0v) is 14.2.